The van der Waals surface area contributed by atoms with Gasteiger partial charge in [0.1, 0.15) is 6.61 Å². The first kappa shape index (κ1) is 33.4. The van der Waals surface area contributed by atoms with Crippen LogP contribution >= 0.6 is 0 Å². The molecule has 256 valence electrons. The van der Waals surface area contributed by atoms with Gasteiger partial charge in [-0.3, -0.25) is 19.6 Å². The normalized spacial score (nSPS) is 40.9. The Morgan fingerprint density at radius 3 is 2.44 bits per heavy atom. The molecular weight excluding hydrogens is 596 g/mol. The van der Waals surface area contributed by atoms with Gasteiger partial charge in [-0.05, 0) is 121 Å². The Morgan fingerprint density at radius 2 is 1.73 bits per heavy atom. The molecule has 7 rings (SSSR count). The van der Waals surface area contributed by atoms with E-state index in [4.69, 9.17) is 4.74 Å². The van der Waals surface area contributed by atoms with Crippen molar-refractivity contribution in [3.05, 3.63) is 77.4 Å². The highest BCUT2D eigenvalue weighted by atomic mass is 16.5. The zero-order chi connectivity index (χ0) is 34.2. The van der Waals surface area contributed by atoms with Crippen molar-refractivity contribution in [2.75, 3.05) is 6.61 Å². The quantitative estimate of drug-likeness (QED) is 0.198. The summed E-state index contributed by atoms with van der Waals surface area (Å²) in [5.41, 5.74) is 2.51. The molecule has 0 spiro atoms. The highest BCUT2D eigenvalue weighted by molar-refractivity contribution is 6.04. The molecule has 4 saturated carbocycles. The fourth-order valence-corrected chi connectivity index (χ4v) is 12.0. The lowest BCUT2D eigenvalue weighted by Gasteiger charge is -2.70. The smallest absolute Gasteiger partial charge is 0.313 e. The number of nitrogens with zero attached hydrogens (tertiary/aromatic N) is 2. The van der Waals surface area contributed by atoms with Crippen molar-refractivity contribution in [3.8, 4) is 0 Å². The van der Waals surface area contributed by atoms with Gasteiger partial charge in [0.15, 0.2) is 5.78 Å². The van der Waals surface area contributed by atoms with E-state index in [1.54, 1.807) is 18.6 Å². The lowest BCUT2D eigenvalue weighted by Crippen LogP contribution is -2.65. The summed E-state index contributed by atoms with van der Waals surface area (Å²) in [4.78, 5) is 37.2. The number of hydrogen-bond acceptors (Lipinski definition) is 6. The summed E-state index contributed by atoms with van der Waals surface area (Å²) in [6.45, 7) is 14.3. The van der Waals surface area contributed by atoms with Gasteiger partial charge in [0.25, 0.3) is 0 Å². The molecule has 5 aliphatic carbocycles. The zero-order valence-corrected chi connectivity index (χ0v) is 29.9. The average molecular weight is 651 g/mol. The molecule has 0 amide bonds. The van der Waals surface area contributed by atoms with Gasteiger partial charge in [-0.1, -0.05) is 76.6 Å². The van der Waals surface area contributed by atoms with Crippen LogP contribution in [0.5, 0.6) is 0 Å². The zero-order valence-electron chi connectivity index (χ0n) is 29.9. The van der Waals surface area contributed by atoms with E-state index in [2.05, 4.69) is 50.7 Å². The molecule has 1 N–H and O–H groups in total. The maximum absolute atomic E-state index is 14.3. The number of aromatic nitrogens is 2. The Morgan fingerprint density at radius 1 is 0.979 bits per heavy atom. The minimum atomic E-state index is -0.842. The second-order valence-electron chi connectivity index (χ2n) is 17.8. The van der Waals surface area contributed by atoms with Gasteiger partial charge in [0.05, 0.1) is 29.3 Å². The molecule has 2 aromatic rings. The molecule has 4 fully saturated rings. The van der Waals surface area contributed by atoms with Gasteiger partial charge >= 0.3 is 5.97 Å². The van der Waals surface area contributed by atoms with E-state index in [-0.39, 0.29) is 51.9 Å². The van der Waals surface area contributed by atoms with E-state index in [1.165, 1.54) is 5.57 Å². The minimum absolute atomic E-state index is 0.0129. The Hall–Kier alpha value is -3.12. The molecule has 0 unspecified atom stereocenters. The minimum Gasteiger partial charge on any atom is -0.460 e. The van der Waals surface area contributed by atoms with Gasteiger partial charge < -0.3 is 9.84 Å². The largest absolute Gasteiger partial charge is 0.460 e. The maximum Gasteiger partial charge on any atom is 0.313 e. The van der Waals surface area contributed by atoms with Crippen LogP contribution in [0.4, 0.5) is 0 Å². The van der Waals surface area contributed by atoms with Crippen LogP contribution in [0.3, 0.4) is 0 Å². The standard InChI is InChI=1S/C42H54N2O4/c1-37(2)16-18-42(36(47)48-26-28-10-8-7-9-11-28)19-17-40(5)31(32(42)24-37)12-13-34-38(3)23-29(22-30-25-43-20-21-44-30)35(46)39(4,27-45)33(38)14-15-41(34,40)6/h7-12,20-22,25,32-34,45H,13-19,23-24,26-27H2,1-6H3/b29-22-/t32-,33+,34+,38-,39-,40+,41+,42-/m0/s1. The van der Waals surface area contributed by atoms with E-state index in [1.807, 2.05) is 43.3 Å². The highest BCUT2D eigenvalue weighted by Gasteiger charge is 2.70. The van der Waals surface area contributed by atoms with Crippen molar-refractivity contribution in [1.82, 2.24) is 9.97 Å². The molecule has 1 heterocycles. The van der Waals surface area contributed by atoms with E-state index in [9.17, 15) is 14.7 Å². The molecule has 0 aliphatic heterocycles. The van der Waals surface area contributed by atoms with Gasteiger partial charge in [-0.2, -0.15) is 0 Å². The van der Waals surface area contributed by atoms with Crippen LogP contribution in [0.1, 0.15) is 111 Å². The molecule has 6 heteroatoms. The number of hydrogen-bond donors (Lipinski definition) is 1. The summed E-state index contributed by atoms with van der Waals surface area (Å²) in [7, 11) is 0. The number of rotatable bonds is 5. The Bertz CT molecular complexity index is 1650. The first-order chi connectivity index (χ1) is 22.7. The highest BCUT2D eigenvalue weighted by Crippen LogP contribution is 2.76. The summed E-state index contributed by atoms with van der Waals surface area (Å²) < 4.78 is 6.20. The Labute approximate surface area is 286 Å². The molecule has 0 bridgehead atoms. The van der Waals surface area contributed by atoms with Crippen molar-refractivity contribution >= 4 is 17.8 Å². The molecule has 5 aliphatic rings. The van der Waals surface area contributed by atoms with Gasteiger partial charge in [0, 0.05) is 12.4 Å². The van der Waals surface area contributed by atoms with Crippen molar-refractivity contribution in [2.45, 2.75) is 106 Å². The summed E-state index contributed by atoms with van der Waals surface area (Å²) in [5, 5.41) is 10.9. The lowest BCUT2D eigenvalue weighted by molar-refractivity contribution is -0.191. The molecule has 1 aromatic heterocycles. The van der Waals surface area contributed by atoms with E-state index in [0.29, 0.717) is 24.6 Å². The number of carbonyl (C=O) groups is 2. The molecular formula is C42H54N2O4. The second-order valence-corrected chi connectivity index (χ2v) is 17.8. The summed E-state index contributed by atoms with van der Waals surface area (Å²) in [6.07, 6.45) is 17.7. The van der Waals surface area contributed by atoms with Gasteiger partial charge in [0.2, 0.25) is 0 Å². The maximum atomic E-state index is 14.3. The molecule has 0 saturated heterocycles. The number of Topliss-reactive ketones (excluding diaryl/α,β-unsaturated/α-hetero) is 1. The first-order valence-electron chi connectivity index (χ1n) is 18.3. The fraction of sp³-hybridized carbons (Fsp3) is 0.619. The third-order valence-electron chi connectivity index (χ3n) is 14.9. The van der Waals surface area contributed by atoms with Crippen LogP contribution in [0.25, 0.3) is 6.08 Å². The number of benzene rings is 1. The van der Waals surface area contributed by atoms with Crippen LogP contribution in [0.2, 0.25) is 0 Å². The fourth-order valence-electron chi connectivity index (χ4n) is 12.0. The van der Waals surface area contributed by atoms with Crippen LogP contribution in [-0.2, 0) is 20.9 Å². The van der Waals surface area contributed by atoms with Gasteiger partial charge in [-0.25, -0.2) is 0 Å². The summed E-state index contributed by atoms with van der Waals surface area (Å²) in [5.74, 6) is 0.620. The Balaban J connectivity index is 1.27. The molecule has 48 heavy (non-hydrogen) atoms. The van der Waals surface area contributed by atoms with Crippen molar-refractivity contribution < 1.29 is 19.4 Å². The second kappa shape index (κ2) is 11.5. The van der Waals surface area contributed by atoms with Gasteiger partial charge in [-0.15, -0.1) is 0 Å². The molecule has 6 nitrogen and oxygen atoms in total. The monoisotopic (exact) mass is 650 g/mol. The van der Waals surface area contributed by atoms with Crippen molar-refractivity contribution in [3.63, 3.8) is 0 Å². The average Bonchev–Trinajstić information content (AvgIpc) is 3.07. The van der Waals surface area contributed by atoms with E-state index in [0.717, 1.165) is 62.5 Å². The number of ether oxygens (including phenoxy) is 1. The summed E-state index contributed by atoms with van der Waals surface area (Å²) >= 11 is 0. The predicted octanol–water partition coefficient (Wildman–Crippen LogP) is 8.56. The number of aliphatic hydroxyl groups is 1. The third-order valence-corrected chi connectivity index (χ3v) is 14.9. The number of carbonyl (C=O) groups excluding carboxylic acids is 2. The molecule has 8 atom stereocenters. The molecule has 0 radical (unpaired) electrons. The molecule has 1 aromatic carbocycles. The first-order valence-corrected chi connectivity index (χ1v) is 18.3. The predicted molar refractivity (Wildman–Crippen MR) is 187 cm³/mol. The number of allylic oxidation sites excluding steroid dienone is 3. The number of esters is 1. The van der Waals surface area contributed by atoms with Crippen molar-refractivity contribution in [2.24, 2.45) is 50.2 Å². The topological polar surface area (TPSA) is 89.4 Å². The number of aliphatic hydroxyl groups excluding tert-OH is 1. The third kappa shape index (κ3) is 4.82. The number of ketones is 1. The SMILES string of the molecule is CC1(C)CC[C@]2(C(=O)OCc3ccccc3)CC[C@]3(C)C(=CC[C@@H]4[C@@]5(C)C/C(=C/c6cnccn6)C(=O)[C@@](C)(CO)[C@@H]5CC[C@]43C)[C@@H]2C1. The number of fused-ring (bicyclic) bond motifs is 7. The van der Waals surface area contributed by atoms with Crippen LogP contribution in [0, 0.1) is 50.2 Å². The van der Waals surface area contributed by atoms with Crippen LogP contribution in [0.15, 0.2) is 66.1 Å². The van der Waals surface area contributed by atoms with Crippen molar-refractivity contribution in [1.29, 1.82) is 0 Å². The lowest BCUT2D eigenvalue weighted by atomic mass is 9.33. The van der Waals surface area contributed by atoms with Crippen LogP contribution < -0.4 is 0 Å². The summed E-state index contributed by atoms with van der Waals surface area (Å²) in [6, 6.07) is 10.0. The van der Waals surface area contributed by atoms with E-state index < -0.39 is 10.8 Å². The van der Waals surface area contributed by atoms with Crippen LogP contribution in [-0.4, -0.2) is 33.4 Å². The van der Waals surface area contributed by atoms with E-state index >= 15 is 0 Å². The Kier molecular flexibility index (Phi) is 7.97.